The van der Waals surface area contributed by atoms with Crippen LogP contribution in [0.4, 0.5) is 0 Å². The highest BCUT2D eigenvalue weighted by atomic mass is 35.5. The lowest BCUT2D eigenvalue weighted by molar-refractivity contribution is 0.266. The van der Waals surface area contributed by atoms with Gasteiger partial charge in [-0.05, 0) is 61.2 Å². The van der Waals surface area contributed by atoms with Crippen molar-refractivity contribution in [2.75, 3.05) is 13.2 Å². The molecule has 0 saturated heterocycles. The average Bonchev–Trinajstić information content (AvgIpc) is 2.87. The predicted octanol–water partition coefficient (Wildman–Crippen LogP) is 4.83. The molecule has 2 nitrogen and oxygen atoms in total. The van der Waals surface area contributed by atoms with E-state index in [0.29, 0.717) is 6.61 Å². The molecule has 1 unspecified atom stereocenters. The van der Waals surface area contributed by atoms with Crippen LogP contribution in [0, 0.1) is 6.92 Å². The number of halogens is 1. The highest BCUT2D eigenvalue weighted by molar-refractivity contribution is 7.10. The standard InChI is InChI=1S/C16H20ClNOS/c1-3-9-18-16(15-8-10-20-12(15)2)11-19-14-6-4-13(17)5-7-14/h4-8,10,16,18H,3,9,11H2,1-2H3. The maximum atomic E-state index is 5.88. The first-order valence-electron chi connectivity index (χ1n) is 6.86. The molecule has 0 aliphatic carbocycles. The summed E-state index contributed by atoms with van der Waals surface area (Å²) in [5, 5.41) is 6.41. The van der Waals surface area contributed by atoms with Crippen molar-refractivity contribution < 1.29 is 4.74 Å². The van der Waals surface area contributed by atoms with Crippen molar-refractivity contribution in [2.24, 2.45) is 0 Å². The van der Waals surface area contributed by atoms with Gasteiger partial charge < -0.3 is 10.1 Å². The molecule has 0 aliphatic heterocycles. The van der Waals surface area contributed by atoms with Crippen LogP contribution in [0.3, 0.4) is 0 Å². The van der Waals surface area contributed by atoms with Gasteiger partial charge in [-0.2, -0.15) is 0 Å². The third-order valence-electron chi connectivity index (χ3n) is 3.15. The molecule has 1 atom stereocenters. The second-order valence-corrected chi connectivity index (χ2v) is 6.26. The van der Waals surface area contributed by atoms with Crippen molar-refractivity contribution in [3.05, 3.63) is 51.2 Å². The van der Waals surface area contributed by atoms with Crippen LogP contribution in [-0.2, 0) is 0 Å². The Morgan fingerprint density at radius 2 is 2.00 bits per heavy atom. The van der Waals surface area contributed by atoms with Gasteiger partial charge in [0.2, 0.25) is 0 Å². The normalized spacial score (nSPS) is 12.3. The molecular formula is C16H20ClNOS. The van der Waals surface area contributed by atoms with E-state index in [9.17, 15) is 0 Å². The molecule has 1 aromatic heterocycles. The lowest BCUT2D eigenvalue weighted by Gasteiger charge is -2.19. The van der Waals surface area contributed by atoms with Gasteiger partial charge in [-0.25, -0.2) is 0 Å². The fourth-order valence-corrected chi connectivity index (χ4v) is 2.94. The summed E-state index contributed by atoms with van der Waals surface area (Å²) in [6.45, 7) is 5.94. The third kappa shape index (κ3) is 4.23. The Hall–Kier alpha value is -1.03. The van der Waals surface area contributed by atoms with Crippen LogP contribution >= 0.6 is 22.9 Å². The molecule has 1 heterocycles. The van der Waals surface area contributed by atoms with Gasteiger partial charge in [0.15, 0.2) is 0 Å². The molecule has 0 aliphatic rings. The number of ether oxygens (including phenoxy) is 1. The Kier molecular flexibility index (Phi) is 5.89. The summed E-state index contributed by atoms with van der Waals surface area (Å²) >= 11 is 7.66. The van der Waals surface area contributed by atoms with E-state index in [1.165, 1.54) is 10.4 Å². The van der Waals surface area contributed by atoms with Crippen LogP contribution in [0.15, 0.2) is 35.7 Å². The molecular weight excluding hydrogens is 290 g/mol. The number of benzene rings is 1. The van der Waals surface area contributed by atoms with Crippen molar-refractivity contribution >= 4 is 22.9 Å². The average molecular weight is 310 g/mol. The van der Waals surface area contributed by atoms with Crippen molar-refractivity contribution in [2.45, 2.75) is 26.3 Å². The number of aryl methyl sites for hydroxylation is 1. The molecule has 2 rings (SSSR count). The van der Waals surface area contributed by atoms with E-state index in [-0.39, 0.29) is 6.04 Å². The van der Waals surface area contributed by atoms with E-state index in [4.69, 9.17) is 16.3 Å². The first kappa shape index (κ1) is 15.4. The van der Waals surface area contributed by atoms with Crippen molar-refractivity contribution in [1.82, 2.24) is 5.32 Å². The third-order valence-corrected chi connectivity index (χ3v) is 4.26. The van der Waals surface area contributed by atoms with Crippen molar-refractivity contribution in [3.63, 3.8) is 0 Å². The maximum Gasteiger partial charge on any atom is 0.119 e. The van der Waals surface area contributed by atoms with E-state index in [1.54, 1.807) is 11.3 Å². The second kappa shape index (κ2) is 7.67. The Balaban J connectivity index is 2.01. The monoisotopic (exact) mass is 309 g/mol. The Morgan fingerprint density at radius 1 is 1.25 bits per heavy atom. The zero-order chi connectivity index (χ0) is 14.4. The Bertz CT molecular complexity index is 524. The number of rotatable bonds is 7. The van der Waals surface area contributed by atoms with E-state index >= 15 is 0 Å². The van der Waals surface area contributed by atoms with Crippen LogP contribution in [0.5, 0.6) is 5.75 Å². The summed E-state index contributed by atoms with van der Waals surface area (Å²) in [5.41, 5.74) is 1.33. The van der Waals surface area contributed by atoms with Gasteiger partial charge in [-0.15, -0.1) is 11.3 Å². The lowest BCUT2D eigenvalue weighted by atomic mass is 10.1. The van der Waals surface area contributed by atoms with Crippen molar-refractivity contribution in [3.8, 4) is 5.75 Å². The van der Waals surface area contributed by atoms with Gasteiger partial charge >= 0.3 is 0 Å². The first-order chi connectivity index (χ1) is 9.70. The smallest absolute Gasteiger partial charge is 0.119 e. The summed E-state index contributed by atoms with van der Waals surface area (Å²) in [7, 11) is 0. The lowest BCUT2D eigenvalue weighted by Crippen LogP contribution is -2.27. The Labute approximate surface area is 129 Å². The van der Waals surface area contributed by atoms with E-state index in [2.05, 4.69) is 30.6 Å². The fourth-order valence-electron chi connectivity index (χ4n) is 2.04. The largest absolute Gasteiger partial charge is 0.492 e. The van der Waals surface area contributed by atoms with Crippen LogP contribution in [0.2, 0.25) is 5.02 Å². The summed E-state index contributed by atoms with van der Waals surface area (Å²) in [4.78, 5) is 1.35. The minimum absolute atomic E-state index is 0.233. The van der Waals surface area contributed by atoms with Gasteiger partial charge in [0.25, 0.3) is 0 Å². The van der Waals surface area contributed by atoms with Gasteiger partial charge in [0.1, 0.15) is 12.4 Å². The molecule has 0 radical (unpaired) electrons. The quantitative estimate of drug-likeness (QED) is 0.791. The van der Waals surface area contributed by atoms with E-state index in [1.807, 2.05) is 24.3 Å². The number of hydrogen-bond acceptors (Lipinski definition) is 3. The predicted molar refractivity (Wildman–Crippen MR) is 87.0 cm³/mol. The van der Waals surface area contributed by atoms with Crippen LogP contribution in [0.25, 0.3) is 0 Å². The van der Waals surface area contributed by atoms with Crippen LogP contribution in [-0.4, -0.2) is 13.2 Å². The van der Waals surface area contributed by atoms with Crippen LogP contribution < -0.4 is 10.1 Å². The van der Waals surface area contributed by atoms with Crippen LogP contribution in [0.1, 0.15) is 29.8 Å². The molecule has 0 spiro atoms. The highest BCUT2D eigenvalue weighted by Crippen LogP contribution is 2.24. The van der Waals surface area contributed by atoms with Gasteiger partial charge in [-0.1, -0.05) is 18.5 Å². The molecule has 20 heavy (non-hydrogen) atoms. The fraction of sp³-hybridized carbons (Fsp3) is 0.375. The number of hydrogen-bond donors (Lipinski definition) is 1. The minimum atomic E-state index is 0.233. The second-order valence-electron chi connectivity index (χ2n) is 4.70. The molecule has 1 aromatic carbocycles. The summed E-state index contributed by atoms with van der Waals surface area (Å²) in [6, 6.07) is 9.91. The number of thiophene rings is 1. The van der Waals surface area contributed by atoms with E-state index in [0.717, 1.165) is 23.7 Å². The van der Waals surface area contributed by atoms with Gasteiger partial charge in [0.05, 0.1) is 6.04 Å². The van der Waals surface area contributed by atoms with Crippen molar-refractivity contribution in [1.29, 1.82) is 0 Å². The zero-order valence-electron chi connectivity index (χ0n) is 11.9. The summed E-state index contributed by atoms with van der Waals surface area (Å²) in [6.07, 6.45) is 1.11. The first-order valence-corrected chi connectivity index (χ1v) is 8.12. The SMILES string of the molecule is CCCNC(COc1ccc(Cl)cc1)c1ccsc1C. The van der Waals surface area contributed by atoms with E-state index < -0.39 is 0 Å². The highest BCUT2D eigenvalue weighted by Gasteiger charge is 2.14. The number of nitrogens with one attached hydrogen (secondary N) is 1. The molecule has 0 fully saturated rings. The van der Waals surface area contributed by atoms with Gasteiger partial charge in [0, 0.05) is 9.90 Å². The maximum absolute atomic E-state index is 5.88. The topological polar surface area (TPSA) is 21.3 Å². The molecule has 108 valence electrons. The summed E-state index contributed by atoms with van der Waals surface area (Å²) < 4.78 is 5.88. The molecule has 4 heteroatoms. The zero-order valence-corrected chi connectivity index (χ0v) is 13.4. The minimum Gasteiger partial charge on any atom is -0.492 e. The van der Waals surface area contributed by atoms with Gasteiger partial charge in [-0.3, -0.25) is 0 Å². The molecule has 0 bridgehead atoms. The molecule has 1 N–H and O–H groups in total. The Morgan fingerprint density at radius 3 is 2.60 bits per heavy atom. The summed E-state index contributed by atoms with van der Waals surface area (Å²) in [5.74, 6) is 0.852. The molecule has 0 saturated carbocycles. The molecule has 0 amide bonds. The molecule has 2 aromatic rings.